The number of rotatable bonds is 7. The fraction of sp³-hybridized carbons (Fsp3) is 0.444. The molecule has 1 aromatic heterocycles. The van der Waals surface area contributed by atoms with Crippen molar-refractivity contribution in [3.8, 4) is 0 Å². The second kappa shape index (κ2) is 7.41. The lowest BCUT2D eigenvalue weighted by molar-refractivity contribution is -0.123. The fourth-order valence-electron chi connectivity index (χ4n) is 2.66. The number of nitrogens with one attached hydrogen (secondary N) is 3. The topological polar surface area (TPSA) is 96.0 Å². The second-order valence-electron chi connectivity index (χ2n) is 6.84. The number of hydrogen-bond acceptors (Lipinski definition) is 5. The normalized spacial score (nSPS) is 17.4. The zero-order valence-corrected chi connectivity index (χ0v) is 15.1. The van der Waals surface area contributed by atoms with Gasteiger partial charge in [0, 0.05) is 18.4 Å². The summed E-state index contributed by atoms with van der Waals surface area (Å²) in [5.41, 5.74) is 0.996. The lowest BCUT2D eigenvalue weighted by Crippen LogP contribution is -2.49. The largest absolute Gasteiger partial charge is 0.352 e. The molecule has 3 amide bonds. The van der Waals surface area contributed by atoms with Gasteiger partial charge >= 0.3 is 6.03 Å². The molecule has 0 aliphatic heterocycles. The van der Waals surface area contributed by atoms with Crippen molar-refractivity contribution in [1.82, 2.24) is 20.8 Å². The van der Waals surface area contributed by atoms with Crippen LogP contribution in [0.5, 0.6) is 0 Å². The molecule has 0 radical (unpaired) electrons. The molecular formula is C18H21N5O2S. The van der Waals surface area contributed by atoms with E-state index in [1.165, 1.54) is 11.3 Å². The van der Waals surface area contributed by atoms with Crippen LogP contribution in [0.4, 0.5) is 9.93 Å². The summed E-state index contributed by atoms with van der Waals surface area (Å²) in [5.74, 6) is 0.351. The monoisotopic (exact) mass is 371 g/mol. The van der Waals surface area contributed by atoms with Gasteiger partial charge in [-0.15, -0.1) is 10.2 Å². The lowest BCUT2D eigenvalue weighted by Gasteiger charge is -2.18. The highest BCUT2D eigenvalue weighted by molar-refractivity contribution is 7.15. The quantitative estimate of drug-likeness (QED) is 0.696. The highest BCUT2D eigenvalue weighted by atomic mass is 32.1. The molecule has 1 aromatic carbocycles. The van der Waals surface area contributed by atoms with Crippen LogP contribution in [0.1, 0.15) is 42.2 Å². The third kappa shape index (κ3) is 4.57. The molecule has 7 nitrogen and oxygen atoms in total. The van der Waals surface area contributed by atoms with Crippen molar-refractivity contribution in [2.45, 2.75) is 50.1 Å². The second-order valence-corrected chi connectivity index (χ2v) is 7.85. The Labute approximate surface area is 155 Å². The van der Waals surface area contributed by atoms with E-state index in [2.05, 4.69) is 26.1 Å². The summed E-state index contributed by atoms with van der Waals surface area (Å²) in [4.78, 5) is 24.9. The van der Waals surface area contributed by atoms with Gasteiger partial charge in [-0.2, -0.15) is 0 Å². The van der Waals surface area contributed by atoms with Crippen LogP contribution in [0.15, 0.2) is 30.3 Å². The van der Waals surface area contributed by atoms with Gasteiger partial charge in [-0.3, -0.25) is 10.1 Å². The number of carbonyl (C=O) groups is 2. The Bertz CT molecular complexity index is 786. The SMILES string of the molecule is O=C(Nc1nnc(C2CC2)s1)N[C@H](Cc1ccccc1)C(=O)NC1CC1. The van der Waals surface area contributed by atoms with E-state index in [4.69, 9.17) is 0 Å². The molecule has 2 aromatic rings. The van der Waals surface area contributed by atoms with Crippen molar-refractivity contribution >= 4 is 28.4 Å². The van der Waals surface area contributed by atoms with Crippen LogP contribution in [0.3, 0.4) is 0 Å². The molecule has 2 saturated carbocycles. The molecule has 8 heteroatoms. The molecule has 0 spiro atoms. The van der Waals surface area contributed by atoms with Crippen LogP contribution in [0.2, 0.25) is 0 Å². The number of urea groups is 1. The number of amides is 3. The smallest absolute Gasteiger partial charge is 0.321 e. The average molecular weight is 371 g/mol. The number of anilines is 1. The lowest BCUT2D eigenvalue weighted by atomic mass is 10.1. The van der Waals surface area contributed by atoms with Gasteiger partial charge in [-0.05, 0) is 31.2 Å². The predicted octanol–water partition coefficient (Wildman–Crippen LogP) is 2.43. The molecule has 26 heavy (non-hydrogen) atoms. The molecule has 2 fully saturated rings. The molecule has 1 heterocycles. The van der Waals surface area contributed by atoms with E-state index in [0.29, 0.717) is 17.5 Å². The van der Waals surface area contributed by atoms with Crippen molar-refractivity contribution < 1.29 is 9.59 Å². The molecule has 0 bridgehead atoms. The summed E-state index contributed by atoms with van der Waals surface area (Å²) in [6.07, 6.45) is 4.73. The maximum Gasteiger partial charge on any atom is 0.321 e. The van der Waals surface area contributed by atoms with Gasteiger partial charge in [0.2, 0.25) is 11.0 Å². The summed E-state index contributed by atoms with van der Waals surface area (Å²) in [5, 5.41) is 18.0. The van der Waals surface area contributed by atoms with Crippen LogP contribution < -0.4 is 16.0 Å². The minimum atomic E-state index is -0.631. The Hall–Kier alpha value is -2.48. The molecule has 1 atom stereocenters. The van der Waals surface area contributed by atoms with E-state index >= 15 is 0 Å². The molecule has 4 rings (SSSR count). The number of carbonyl (C=O) groups excluding carboxylic acids is 2. The van der Waals surface area contributed by atoms with Gasteiger partial charge in [0.15, 0.2) is 0 Å². The highest BCUT2D eigenvalue weighted by Crippen LogP contribution is 2.42. The van der Waals surface area contributed by atoms with Gasteiger partial charge in [0.05, 0.1) is 0 Å². The van der Waals surface area contributed by atoms with Gasteiger partial charge < -0.3 is 10.6 Å². The first-order chi connectivity index (χ1) is 12.7. The molecule has 0 unspecified atom stereocenters. The maximum absolute atomic E-state index is 12.5. The van der Waals surface area contributed by atoms with Crippen LogP contribution in [-0.4, -0.2) is 34.2 Å². The van der Waals surface area contributed by atoms with Crippen molar-refractivity contribution in [3.63, 3.8) is 0 Å². The summed E-state index contributed by atoms with van der Waals surface area (Å²) >= 11 is 1.40. The Morgan fingerprint density at radius 2 is 1.88 bits per heavy atom. The van der Waals surface area contributed by atoms with E-state index in [-0.39, 0.29) is 11.9 Å². The summed E-state index contributed by atoms with van der Waals surface area (Å²) < 4.78 is 0. The van der Waals surface area contributed by atoms with E-state index in [9.17, 15) is 9.59 Å². The molecule has 136 valence electrons. The predicted molar refractivity (Wildman–Crippen MR) is 99.1 cm³/mol. The van der Waals surface area contributed by atoms with E-state index in [1.807, 2.05) is 30.3 Å². The van der Waals surface area contributed by atoms with Crippen LogP contribution in [0, 0.1) is 0 Å². The minimum Gasteiger partial charge on any atom is -0.352 e. The number of aromatic nitrogens is 2. The van der Waals surface area contributed by atoms with E-state index in [0.717, 1.165) is 36.3 Å². The van der Waals surface area contributed by atoms with Crippen LogP contribution in [-0.2, 0) is 11.2 Å². The Morgan fingerprint density at radius 3 is 2.58 bits per heavy atom. The summed E-state index contributed by atoms with van der Waals surface area (Å²) in [7, 11) is 0. The summed E-state index contributed by atoms with van der Waals surface area (Å²) in [6.45, 7) is 0. The number of hydrogen-bond donors (Lipinski definition) is 3. The summed E-state index contributed by atoms with van der Waals surface area (Å²) in [6, 6.07) is 8.85. The first kappa shape index (κ1) is 17.0. The maximum atomic E-state index is 12.5. The van der Waals surface area contributed by atoms with Gasteiger partial charge in [-0.1, -0.05) is 41.7 Å². The number of nitrogens with zero attached hydrogens (tertiary/aromatic N) is 2. The molecular weight excluding hydrogens is 350 g/mol. The van der Waals surface area contributed by atoms with Crippen molar-refractivity contribution in [2.24, 2.45) is 0 Å². The van der Waals surface area contributed by atoms with Crippen molar-refractivity contribution in [2.75, 3.05) is 5.32 Å². The van der Waals surface area contributed by atoms with Gasteiger partial charge in [0.25, 0.3) is 0 Å². The molecule has 3 N–H and O–H groups in total. The first-order valence-corrected chi connectivity index (χ1v) is 9.74. The third-order valence-corrected chi connectivity index (χ3v) is 5.42. The van der Waals surface area contributed by atoms with Crippen molar-refractivity contribution in [3.05, 3.63) is 40.9 Å². The fourth-order valence-corrected chi connectivity index (χ4v) is 3.57. The number of benzene rings is 1. The standard InChI is InChI=1S/C18H21N5O2S/c24-15(19-13-8-9-13)14(10-11-4-2-1-3-5-11)20-17(25)21-18-23-22-16(26-18)12-6-7-12/h1-5,12-14H,6-10H2,(H,19,24)(H2,20,21,23,25)/t14-/m1/s1. The molecule has 2 aliphatic rings. The van der Waals surface area contributed by atoms with Crippen LogP contribution >= 0.6 is 11.3 Å². The highest BCUT2D eigenvalue weighted by Gasteiger charge is 2.30. The Kier molecular flexibility index (Phi) is 4.83. The minimum absolute atomic E-state index is 0.151. The van der Waals surface area contributed by atoms with E-state index in [1.54, 1.807) is 0 Å². The first-order valence-electron chi connectivity index (χ1n) is 8.92. The van der Waals surface area contributed by atoms with E-state index < -0.39 is 12.1 Å². The van der Waals surface area contributed by atoms with Gasteiger partial charge in [0.1, 0.15) is 11.0 Å². The molecule has 0 saturated heterocycles. The Morgan fingerprint density at radius 1 is 1.12 bits per heavy atom. The van der Waals surface area contributed by atoms with Crippen LogP contribution in [0.25, 0.3) is 0 Å². The zero-order chi connectivity index (χ0) is 17.9. The van der Waals surface area contributed by atoms with Crippen molar-refractivity contribution in [1.29, 1.82) is 0 Å². The average Bonchev–Trinajstić information content (AvgIpc) is 3.56. The molecule has 2 aliphatic carbocycles. The van der Waals surface area contributed by atoms with Gasteiger partial charge in [-0.25, -0.2) is 4.79 Å². The Balaban J connectivity index is 1.38. The third-order valence-electron chi connectivity index (χ3n) is 4.42. The zero-order valence-electron chi connectivity index (χ0n) is 14.3.